The third kappa shape index (κ3) is 4.15. The van der Waals surface area contributed by atoms with Gasteiger partial charge in [0.05, 0.1) is 12.8 Å². The van der Waals surface area contributed by atoms with Crippen molar-refractivity contribution in [3.05, 3.63) is 53.1 Å². The minimum absolute atomic E-state index is 0.277. The monoisotopic (exact) mass is 319 g/mol. The fourth-order valence-electron chi connectivity index (χ4n) is 1.89. The summed E-state index contributed by atoms with van der Waals surface area (Å²) in [6.07, 6.45) is -0.647. The quantitative estimate of drug-likeness (QED) is 0.904. The van der Waals surface area contributed by atoms with Crippen LogP contribution in [0, 0.1) is 6.92 Å². The molecule has 0 unspecified atom stereocenters. The summed E-state index contributed by atoms with van der Waals surface area (Å²) in [5.74, 6) is 0.910. The highest BCUT2D eigenvalue weighted by atomic mass is 35.5. The maximum Gasteiger partial charge on any atom is 0.265 e. The van der Waals surface area contributed by atoms with Gasteiger partial charge in [0.2, 0.25) is 0 Å². The van der Waals surface area contributed by atoms with Crippen LogP contribution in [0.2, 0.25) is 5.02 Å². The topological polar surface area (TPSA) is 47.6 Å². The van der Waals surface area contributed by atoms with E-state index in [2.05, 4.69) is 5.32 Å². The molecule has 1 amide bonds. The minimum Gasteiger partial charge on any atom is -0.495 e. The van der Waals surface area contributed by atoms with Crippen molar-refractivity contribution in [1.29, 1.82) is 0 Å². The number of benzene rings is 2. The van der Waals surface area contributed by atoms with E-state index in [1.807, 2.05) is 31.2 Å². The van der Waals surface area contributed by atoms with Gasteiger partial charge in [-0.2, -0.15) is 0 Å². The Morgan fingerprint density at radius 3 is 2.50 bits per heavy atom. The zero-order valence-corrected chi connectivity index (χ0v) is 13.5. The van der Waals surface area contributed by atoms with E-state index in [0.29, 0.717) is 22.2 Å². The first kappa shape index (κ1) is 16.2. The van der Waals surface area contributed by atoms with Crippen LogP contribution in [0.5, 0.6) is 11.5 Å². The van der Waals surface area contributed by atoms with Crippen LogP contribution in [0.25, 0.3) is 0 Å². The summed E-state index contributed by atoms with van der Waals surface area (Å²) in [5, 5.41) is 3.28. The van der Waals surface area contributed by atoms with Gasteiger partial charge < -0.3 is 14.8 Å². The van der Waals surface area contributed by atoms with Crippen molar-refractivity contribution in [2.45, 2.75) is 20.0 Å². The molecule has 0 spiro atoms. The summed E-state index contributed by atoms with van der Waals surface area (Å²) >= 11 is 5.94. The zero-order valence-electron chi connectivity index (χ0n) is 12.7. The van der Waals surface area contributed by atoms with Gasteiger partial charge in [0.25, 0.3) is 5.91 Å². The second-order valence-corrected chi connectivity index (χ2v) is 5.34. The minimum atomic E-state index is -0.647. The molecule has 1 atom stereocenters. The molecule has 2 rings (SSSR count). The van der Waals surface area contributed by atoms with E-state index in [-0.39, 0.29) is 5.91 Å². The third-order valence-electron chi connectivity index (χ3n) is 3.12. The molecule has 0 radical (unpaired) electrons. The third-order valence-corrected chi connectivity index (χ3v) is 3.36. The molecule has 0 saturated heterocycles. The van der Waals surface area contributed by atoms with Crippen molar-refractivity contribution in [3.63, 3.8) is 0 Å². The second-order valence-electron chi connectivity index (χ2n) is 4.91. The summed E-state index contributed by atoms with van der Waals surface area (Å²) < 4.78 is 10.8. The van der Waals surface area contributed by atoms with Gasteiger partial charge in [0, 0.05) is 5.02 Å². The number of carbonyl (C=O) groups excluding carboxylic acids is 1. The number of ether oxygens (including phenoxy) is 2. The molecule has 22 heavy (non-hydrogen) atoms. The second kappa shape index (κ2) is 7.18. The van der Waals surface area contributed by atoms with Crippen molar-refractivity contribution in [2.75, 3.05) is 12.4 Å². The lowest BCUT2D eigenvalue weighted by Crippen LogP contribution is -2.30. The van der Waals surface area contributed by atoms with Crippen molar-refractivity contribution >= 4 is 23.2 Å². The van der Waals surface area contributed by atoms with Crippen molar-refractivity contribution in [1.82, 2.24) is 0 Å². The van der Waals surface area contributed by atoms with Crippen LogP contribution in [-0.4, -0.2) is 19.1 Å². The zero-order chi connectivity index (χ0) is 16.1. The molecule has 0 bridgehead atoms. The van der Waals surface area contributed by atoms with Gasteiger partial charge in [-0.15, -0.1) is 0 Å². The maximum absolute atomic E-state index is 12.2. The summed E-state index contributed by atoms with van der Waals surface area (Å²) in [6, 6.07) is 12.6. The SMILES string of the molecule is COc1ccc(Cl)cc1NC(=O)[C@H](C)Oc1ccc(C)cc1. The van der Waals surface area contributed by atoms with E-state index >= 15 is 0 Å². The molecule has 5 heteroatoms. The van der Waals surface area contributed by atoms with E-state index in [4.69, 9.17) is 21.1 Å². The molecule has 0 fully saturated rings. The van der Waals surface area contributed by atoms with Gasteiger partial charge in [-0.1, -0.05) is 29.3 Å². The fraction of sp³-hybridized carbons (Fsp3) is 0.235. The molecule has 1 N–H and O–H groups in total. The van der Waals surface area contributed by atoms with Crippen LogP contribution in [-0.2, 0) is 4.79 Å². The Morgan fingerprint density at radius 2 is 1.86 bits per heavy atom. The van der Waals surface area contributed by atoms with Crippen LogP contribution < -0.4 is 14.8 Å². The highest BCUT2D eigenvalue weighted by molar-refractivity contribution is 6.31. The highest BCUT2D eigenvalue weighted by Gasteiger charge is 2.17. The van der Waals surface area contributed by atoms with Gasteiger partial charge in [0.1, 0.15) is 11.5 Å². The van der Waals surface area contributed by atoms with Crippen molar-refractivity contribution < 1.29 is 14.3 Å². The summed E-state index contributed by atoms with van der Waals surface area (Å²) in [4.78, 5) is 12.2. The Labute approximate surface area is 135 Å². The van der Waals surface area contributed by atoms with Gasteiger partial charge in [-0.05, 0) is 44.2 Å². The molecule has 0 heterocycles. The molecular weight excluding hydrogens is 302 g/mol. The standard InChI is InChI=1S/C17H18ClNO3/c1-11-4-7-14(8-5-11)22-12(2)17(20)19-15-10-13(18)6-9-16(15)21-3/h4-10,12H,1-3H3,(H,19,20)/t12-/m0/s1. The van der Waals surface area contributed by atoms with Gasteiger partial charge >= 0.3 is 0 Å². The Balaban J connectivity index is 2.05. The maximum atomic E-state index is 12.2. The Bertz CT molecular complexity index is 655. The number of rotatable bonds is 5. The van der Waals surface area contributed by atoms with Crippen molar-refractivity contribution in [3.8, 4) is 11.5 Å². The van der Waals surface area contributed by atoms with E-state index < -0.39 is 6.10 Å². The first-order chi connectivity index (χ1) is 10.5. The number of aryl methyl sites for hydroxylation is 1. The largest absolute Gasteiger partial charge is 0.495 e. The van der Waals surface area contributed by atoms with Crippen LogP contribution in [0.3, 0.4) is 0 Å². The van der Waals surface area contributed by atoms with E-state index in [1.54, 1.807) is 25.1 Å². The number of carbonyl (C=O) groups is 1. The number of hydrogen-bond acceptors (Lipinski definition) is 3. The van der Waals surface area contributed by atoms with Crippen molar-refractivity contribution in [2.24, 2.45) is 0 Å². The molecule has 2 aromatic rings. The van der Waals surface area contributed by atoms with Crippen LogP contribution >= 0.6 is 11.6 Å². The van der Waals surface area contributed by atoms with Gasteiger partial charge in [-0.3, -0.25) is 4.79 Å². The molecule has 116 valence electrons. The fourth-order valence-corrected chi connectivity index (χ4v) is 2.06. The van der Waals surface area contributed by atoms with E-state index in [0.717, 1.165) is 5.56 Å². The lowest BCUT2D eigenvalue weighted by Gasteiger charge is -2.16. The average molecular weight is 320 g/mol. The molecule has 0 aliphatic rings. The van der Waals surface area contributed by atoms with Crippen LogP contribution in [0.1, 0.15) is 12.5 Å². The van der Waals surface area contributed by atoms with Gasteiger partial charge in [-0.25, -0.2) is 0 Å². The predicted octanol–water partition coefficient (Wildman–Crippen LogP) is 4.06. The van der Waals surface area contributed by atoms with Gasteiger partial charge in [0.15, 0.2) is 6.10 Å². The molecule has 0 aromatic heterocycles. The number of nitrogens with one attached hydrogen (secondary N) is 1. The number of amides is 1. The summed E-state index contributed by atoms with van der Waals surface area (Å²) in [5.41, 5.74) is 1.65. The smallest absolute Gasteiger partial charge is 0.265 e. The summed E-state index contributed by atoms with van der Waals surface area (Å²) in [6.45, 7) is 3.68. The molecule has 0 saturated carbocycles. The Morgan fingerprint density at radius 1 is 1.18 bits per heavy atom. The Kier molecular flexibility index (Phi) is 5.28. The average Bonchev–Trinajstić information content (AvgIpc) is 2.49. The van der Waals surface area contributed by atoms with E-state index in [9.17, 15) is 4.79 Å². The number of halogens is 1. The number of anilines is 1. The molecule has 0 aliphatic heterocycles. The summed E-state index contributed by atoms with van der Waals surface area (Å²) in [7, 11) is 1.53. The van der Waals surface area contributed by atoms with E-state index in [1.165, 1.54) is 7.11 Å². The molecule has 2 aromatic carbocycles. The number of methoxy groups -OCH3 is 1. The lowest BCUT2D eigenvalue weighted by atomic mass is 10.2. The lowest BCUT2D eigenvalue weighted by molar-refractivity contribution is -0.122. The van der Waals surface area contributed by atoms with Crippen LogP contribution in [0.4, 0.5) is 5.69 Å². The molecular formula is C17H18ClNO3. The highest BCUT2D eigenvalue weighted by Crippen LogP contribution is 2.28. The molecule has 4 nitrogen and oxygen atoms in total. The molecule has 0 aliphatic carbocycles. The normalized spacial score (nSPS) is 11.6. The predicted molar refractivity (Wildman–Crippen MR) is 87.9 cm³/mol. The first-order valence-electron chi connectivity index (χ1n) is 6.87. The number of hydrogen-bond donors (Lipinski definition) is 1. The Hall–Kier alpha value is -2.20. The van der Waals surface area contributed by atoms with Crippen LogP contribution in [0.15, 0.2) is 42.5 Å². The first-order valence-corrected chi connectivity index (χ1v) is 7.25.